The Hall–Kier alpha value is -0.480. The van der Waals surface area contributed by atoms with Crippen molar-refractivity contribution in [3.05, 3.63) is 28.2 Å². The number of hydrogen-bond donors (Lipinski definition) is 1. The number of carboxylic acids is 1. The maximum Gasteiger partial charge on any atom is 0.314 e. The molecule has 0 saturated heterocycles. The van der Waals surface area contributed by atoms with Gasteiger partial charge in [-0.1, -0.05) is 28.8 Å². The van der Waals surface area contributed by atoms with E-state index < -0.39 is 11.4 Å². The van der Waals surface area contributed by atoms with Gasteiger partial charge in [-0.2, -0.15) is 0 Å². The standard InChI is InChI=1S/C13H15BrO2S/c1-17-11-7-9(6-10(14)8-11)13(12(15)16)4-2-3-5-13/h6-8H,2-5H2,1H3,(H,15,16). The minimum Gasteiger partial charge on any atom is -0.481 e. The second-order valence-electron chi connectivity index (χ2n) is 4.47. The smallest absolute Gasteiger partial charge is 0.314 e. The number of benzene rings is 1. The molecule has 1 N–H and O–H groups in total. The summed E-state index contributed by atoms with van der Waals surface area (Å²) in [5.74, 6) is -0.680. The quantitative estimate of drug-likeness (QED) is 0.855. The summed E-state index contributed by atoms with van der Waals surface area (Å²) in [6.07, 6.45) is 5.54. The predicted molar refractivity (Wildman–Crippen MR) is 73.7 cm³/mol. The Morgan fingerprint density at radius 3 is 2.53 bits per heavy atom. The molecule has 17 heavy (non-hydrogen) atoms. The average Bonchev–Trinajstić information content (AvgIpc) is 2.78. The molecule has 0 bridgehead atoms. The monoisotopic (exact) mass is 314 g/mol. The summed E-state index contributed by atoms with van der Waals surface area (Å²) in [6.45, 7) is 0. The second kappa shape index (κ2) is 5.02. The molecule has 0 heterocycles. The topological polar surface area (TPSA) is 37.3 Å². The molecule has 1 aliphatic carbocycles. The van der Waals surface area contributed by atoms with Gasteiger partial charge in [0.1, 0.15) is 0 Å². The number of halogens is 1. The van der Waals surface area contributed by atoms with Crippen molar-refractivity contribution in [3.8, 4) is 0 Å². The van der Waals surface area contributed by atoms with Crippen molar-refractivity contribution < 1.29 is 9.90 Å². The van der Waals surface area contributed by atoms with Crippen molar-refractivity contribution in [1.82, 2.24) is 0 Å². The molecule has 92 valence electrons. The predicted octanol–water partition coefficient (Wildman–Crippen LogP) is 4.07. The molecule has 4 heteroatoms. The Labute approximate surface area is 114 Å². The molecular formula is C13H15BrO2S. The molecule has 2 nitrogen and oxygen atoms in total. The van der Waals surface area contributed by atoms with Crippen molar-refractivity contribution in [1.29, 1.82) is 0 Å². The highest BCUT2D eigenvalue weighted by Crippen LogP contribution is 2.43. The van der Waals surface area contributed by atoms with Crippen LogP contribution in [0, 0.1) is 0 Å². The van der Waals surface area contributed by atoms with Crippen LogP contribution in [-0.2, 0) is 10.2 Å². The minimum atomic E-state index is -0.680. The van der Waals surface area contributed by atoms with Crippen LogP contribution in [0.4, 0.5) is 0 Å². The minimum absolute atomic E-state index is 0.658. The van der Waals surface area contributed by atoms with E-state index in [1.807, 2.05) is 24.5 Å². The molecule has 0 spiro atoms. The van der Waals surface area contributed by atoms with Crippen LogP contribution >= 0.6 is 27.7 Å². The van der Waals surface area contributed by atoms with Gasteiger partial charge < -0.3 is 5.11 Å². The van der Waals surface area contributed by atoms with Crippen molar-refractivity contribution in [2.75, 3.05) is 6.26 Å². The first-order chi connectivity index (χ1) is 8.08. The van der Waals surface area contributed by atoms with E-state index in [2.05, 4.69) is 15.9 Å². The van der Waals surface area contributed by atoms with Gasteiger partial charge in [-0.3, -0.25) is 4.79 Å². The third kappa shape index (κ3) is 2.38. The maximum atomic E-state index is 11.6. The van der Waals surface area contributed by atoms with Gasteiger partial charge in [0.25, 0.3) is 0 Å². The fraction of sp³-hybridized carbons (Fsp3) is 0.462. The zero-order chi connectivity index (χ0) is 12.5. The lowest BCUT2D eigenvalue weighted by Crippen LogP contribution is -2.32. The normalized spacial score (nSPS) is 18.2. The lowest BCUT2D eigenvalue weighted by Gasteiger charge is -2.25. The van der Waals surface area contributed by atoms with Gasteiger partial charge in [0, 0.05) is 9.37 Å². The van der Waals surface area contributed by atoms with E-state index in [1.54, 1.807) is 11.8 Å². The van der Waals surface area contributed by atoms with E-state index in [0.717, 1.165) is 40.6 Å². The van der Waals surface area contributed by atoms with E-state index in [9.17, 15) is 9.90 Å². The molecule has 1 aromatic carbocycles. The average molecular weight is 315 g/mol. The van der Waals surface area contributed by atoms with Crippen LogP contribution in [0.2, 0.25) is 0 Å². The van der Waals surface area contributed by atoms with Crippen molar-refractivity contribution in [2.24, 2.45) is 0 Å². The molecule has 0 unspecified atom stereocenters. The Kier molecular flexibility index (Phi) is 3.83. The van der Waals surface area contributed by atoms with Crippen LogP contribution in [0.5, 0.6) is 0 Å². The summed E-state index contributed by atoms with van der Waals surface area (Å²) < 4.78 is 0.965. The third-order valence-corrected chi connectivity index (χ3v) is 4.69. The van der Waals surface area contributed by atoms with Crippen LogP contribution in [0.3, 0.4) is 0 Å². The van der Waals surface area contributed by atoms with E-state index in [1.165, 1.54) is 0 Å². The zero-order valence-electron chi connectivity index (χ0n) is 9.70. The first kappa shape index (κ1) is 13.0. The van der Waals surface area contributed by atoms with E-state index >= 15 is 0 Å². The third-order valence-electron chi connectivity index (χ3n) is 3.53. The van der Waals surface area contributed by atoms with Crippen LogP contribution in [0.15, 0.2) is 27.6 Å². The van der Waals surface area contributed by atoms with Crippen LogP contribution in [-0.4, -0.2) is 17.3 Å². The molecule has 1 aliphatic rings. The molecule has 0 aromatic heterocycles. The Morgan fingerprint density at radius 1 is 1.35 bits per heavy atom. The lowest BCUT2D eigenvalue weighted by atomic mass is 9.79. The van der Waals surface area contributed by atoms with E-state index in [0.29, 0.717) is 0 Å². The van der Waals surface area contributed by atoms with Crippen LogP contribution in [0.25, 0.3) is 0 Å². The molecule has 0 amide bonds. The summed E-state index contributed by atoms with van der Waals surface area (Å²) in [4.78, 5) is 12.7. The van der Waals surface area contributed by atoms with E-state index in [-0.39, 0.29) is 0 Å². The second-order valence-corrected chi connectivity index (χ2v) is 6.27. The van der Waals surface area contributed by atoms with Crippen molar-refractivity contribution >= 4 is 33.7 Å². The number of hydrogen-bond acceptors (Lipinski definition) is 2. The molecule has 1 fully saturated rings. The molecular weight excluding hydrogens is 300 g/mol. The van der Waals surface area contributed by atoms with Crippen LogP contribution in [0.1, 0.15) is 31.2 Å². The Balaban J connectivity index is 2.50. The Bertz CT molecular complexity index is 439. The molecule has 1 aromatic rings. The van der Waals surface area contributed by atoms with Crippen molar-refractivity contribution in [2.45, 2.75) is 36.0 Å². The summed E-state index contributed by atoms with van der Waals surface area (Å²) in [5, 5.41) is 9.55. The summed E-state index contributed by atoms with van der Waals surface area (Å²) >= 11 is 5.11. The van der Waals surface area contributed by atoms with Gasteiger partial charge in [-0.05, 0) is 42.9 Å². The van der Waals surface area contributed by atoms with Gasteiger partial charge in [-0.15, -0.1) is 11.8 Å². The number of thioether (sulfide) groups is 1. The first-order valence-electron chi connectivity index (χ1n) is 5.67. The van der Waals surface area contributed by atoms with Gasteiger partial charge in [0.2, 0.25) is 0 Å². The molecule has 0 atom stereocenters. The summed E-state index contributed by atoms with van der Waals surface area (Å²) in [6, 6.07) is 6.01. The van der Waals surface area contributed by atoms with E-state index in [4.69, 9.17) is 0 Å². The highest BCUT2D eigenvalue weighted by molar-refractivity contribution is 9.10. The fourth-order valence-electron chi connectivity index (χ4n) is 2.56. The molecule has 0 radical (unpaired) electrons. The molecule has 2 rings (SSSR count). The summed E-state index contributed by atoms with van der Waals surface area (Å²) in [7, 11) is 0. The molecule has 1 saturated carbocycles. The molecule has 0 aliphatic heterocycles. The largest absolute Gasteiger partial charge is 0.481 e. The maximum absolute atomic E-state index is 11.6. The first-order valence-corrected chi connectivity index (χ1v) is 7.69. The number of carbonyl (C=O) groups is 1. The zero-order valence-corrected chi connectivity index (χ0v) is 12.1. The number of rotatable bonds is 3. The summed E-state index contributed by atoms with van der Waals surface area (Å²) in [5.41, 5.74) is 0.287. The Morgan fingerprint density at radius 2 is 2.00 bits per heavy atom. The number of aliphatic carboxylic acids is 1. The SMILES string of the molecule is CSc1cc(Br)cc(C2(C(=O)O)CCCC2)c1. The lowest BCUT2D eigenvalue weighted by molar-refractivity contribution is -0.143. The number of carboxylic acid groups (broad SMARTS) is 1. The van der Waals surface area contributed by atoms with Gasteiger partial charge in [-0.25, -0.2) is 0 Å². The van der Waals surface area contributed by atoms with Gasteiger partial charge >= 0.3 is 5.97 Å². The fourth-order valence-corrected chi connectivity index (χ4v) is 3.70. The highest BCUT2D eigenvalue weighted by Gasteiger charge is 2.43. The highest BCUT2D eigenvalue weighted by atomic mass is 79.9. The van der Waals surface area contributed by atoms with Crippen LogP contribution < -0.4 is 0 Å². The van der Waals surface area contributed by atoms with Gasteiger partial charge in [0.05, 0.1) is 5.41 Å². The van der Waals surface area contributed by atoms with Crippen molar-refractivity contribution in [3.63, 3.8) is 0 Å². The van der Waals surface area contributed by atoms with Gasteiger partial charge in [0.15, 0.2) is 0 Å².